The van der Waals surface area contributed by atoms with Crippen LogP contribution < -0.4 is 4.90 Å². The van der Waals surface area contributed by atoms with Gasteiger partial charge in [0.05, 0.1) is 22.2 Å². The van der Waals surface area contributed by atoms with Crippen LogP contribution in [0.3, 0.4) is 0 Å². The Morgan fingerprint density at radius 2 is 1.69 bits per heavy atom. The number of nitrogens with zero attached hydrogens (tertiary/aromatic N) is 5. The first kappa shape index (κ1) is 26.3. The molecule has 2 aromatic carbocycles. The highest BCUT2D eigenvalue weighted by Crippen LogP contribution is 2.26. The van der Waals surface area contributed by atoms with Crippen molar-refractivity contribution in [1.82, 2.24) is 19.4 Å². The standard InChI is InChI=1S/C25H27Cl2N5O3S/c1-2-32(36(34,35)20-10-8-19(26)9-11-20)18-25(33)31-15-5-14-30(16-17-31)24-13-12-23(28-29-24)21-6-3-4-7-22(21)27/h3-4,6-13H,2,5,14-18H2,1H3. The lowest BCUT2D eigenvalue weighted by molar-refractivity contribution is -0.131. The highest BCUT2D eigenvalue weighted by Gasteiger charge is 2.28. The zero-order chi connectivity index (χ0) is 25.7. The first-order chi connectivity index (χ1) is 17.3. The van der Waals surface area contributed by atoms with Crippen LogP contribution in [0.4, 0.5) is 5.82 Å². The minimum absolute atomic E-state index is 0.113. The smallest absolute Gasteiger partial charge is 0.243 e. The van der Waals surface area contributed by atoms with Crippen LogP contribution in [0, 0.1) is 0 Å². The Morgan fingerprint density at radius 1 is 0.944 bits per heavy atom. The number of likely N-dealkylation sites (N-methyl/N-ethyl adjacent to an activating group) is 1. The molecule has 1 fully saturated rings. The highest BCUT2D eigenvalue weighted by atomic mass is 35.5. The Hall–Kier alpha value is -2.72. The first-order valence-corrected chi connectivity index (χ1v) is 13.9. The third kappa shape index (κ3) is 5.98. The quantitative estimate of drug-likeness (QED) is 0.440. The maximum absolute atomic E-state index is 13.1. The van der Waals surface area contributed by atoms with Gasteiger partial charge in [-0.25, -0.2) is 8.42 Å². The zero-order valence-electron chi connectivity index (χ0n) is 19.8. The van der Waals surface area contributed by atoms with Gasteiger partial charge in [-0.2, -0.15) is 4.31 Å². The molecule has 1 amide bonds. The molecule has 3 aromatic rings. The molecule has 1 saturated heterocycles. The molecule has 0 radical (unpaired) electrons. The molecule has 8 nitrogen and oxygen atoms in total. The first-order valence-electron chi connectivity index (χ1n) is 11.7. The molecule has 0 saturated carbocycles. The second-order valence-electron chi connectivity index (χ2n) is 8.36. The van der Waals surface area contributed by atoms with Crippen molar-refractivity contribution in [3.63, 3.8) is 0 Å². The van der Waals surface area contributed by atoms with E-state index in [1.807, 2.05) is 36.4 Å². The molecule has 190 valence electrons. The van der Waals surface area contributed by atoms with E-state index < -0.39 is 10.0 Å². The summed E-state index contributed by atoms with van der Waals surface area (Å²) in [7, 11) is -3.81. The van der Waals surface area contributed by atoms with Gasteiger partial charge in [-0.3, -0.25) is 4.79 Å². The van der Waals surface area contributed by atoms with Crippen LogP contribution in [0.2, 0.25) is 10.0 Å². The maximum atomic E-state index is 13.1. The number of rotatable bonds is 7. The molecule has 0 unspecified atom stereocenters. The zero-order valence-corrected chi connectivity index (χ0v) is 22.2. The fourth-order valence-electron chi connectivity index (χ4n) is 4.08. The number of hydrogen-bond donors (Lipinski definition) is 0. The monoisotopic (exact) mass is 547 g/mol. The SMILES string of the molecule is CCN(CC(=O)N1CCCN(c2ccc(-c3ccccc3Cl)nn2)CC1)S(=O)(=O)c1ccc(Cl)cc1. The van der Waals surface area contributed by atoms with Gasteiger partial charge in [0.2, 0.25) is 15.9 Å². The summed E-state index contributed by atoms with van der Waals surface area (Å²) in [5.41, 5.74) is 1.51. The number of hydrogen-bond acceptors (Lipinski definition) is 6. The maximum Gasteiger partial charge on any atom is 0.243 e. The lowest BCUT2D eigenvalue weighted by Gasteiger charge is -2.26. The fraction of sp³-hybridized carbons (Fsp3) is 0.320. The summed E-state index contributed by atoms with van der Waals surface area (Å²) in [5.74, 6) is 0.497. The second-order valence-corrected chi connectivity index (χ2v) is 11.1. The third-order valence-corrected chi connectivity index (χ3v) is 8.61. The van der Waals surface area contributed by atoms with Crippen molar-refractivity contribution in [2.24, 2.45) is 0 Å². The number of aromatic nitrogens is 2. The molecule has 0 aliphatic carbocycles. The predicted octanol–water partition coefficient (Wildman–Crippen LogP) is 4.20. The topological polar surface area (TPSA) is 86.7 Å². The molecule has 36 heavy (non-hydrogen) atoms. The number of amides is 1. The van der Waals surface area contributed by atoms with Crippen molar-refractivity contribution in [3.8, 4) is 11.3 Å². The number of benzene rings is 2. The van der Waals surface area contributed by atoms with Gasteiger partial charge in [-0.05, 0) is 48.9 Å². The van der Waals surface area contributed by atoms with E-state index in [2.05, 4.69) is 15.1 Å². The van der Waals surface area contributed by atoms with Crippen molar-refractivity contribution in [2.75, 3.05) is 44.2 Å². The summed E-state index contributed by atoms with van der Waals surface area (Å²) in [6.45, 7) is 3.98. The predicted molar refractivity (Wildman–Crippen MR) is 142 cm³/mol. The Morgan fingerprint density at radius 3 is 2.36 bits per heavy atom. The van der Waals surface area contributed by atoms with Crippen LogP contribution in [-0.4, -0.2) is 73.0 Å². The van der Waals surface area contributed by atoms with Gasteiger partial charge in [0.1, 0.15) is 0 Å². The van der Waals surface area contributed by atoms with Gasteiger partial charge in [0.15, 0.2) is 5.82 Å². The molecule has 0 N–H and O–H groups in total. The summed E-state index contributed by atoms with van der Waals surface area (Å²) < 4.78 is 27.3. The molecule has 11 heteroatoms. The normalized spacial score (nSPS) is 14.7. The van der Waals surface area contributed by atoms with E-state index >= 15 is 0 Å². The molecule has 0 spiro atoms. The summed E-state index contributed by atoms with van der Waals surface area (Å²) in [5, 5.41) is 9.79. The van der Waals surface area contributed by atoms with Gasteiger partial charge in [-0.1, -0.05) is 48.3 Å². The largest absolute Gasteiger partial charge is 0.353 e. The van der Waals surface area contributed by atoms with E-state index in [1.165, 1.54) is 28.6 Å². The molecule has 4 rings (SSSR count). The Bertz CT molecular complexity index is 1300. The van der Waals surface area contributed by atoms with E-state index in [1.54, 1.807) is 11.8 Å². The lowest BCUT2D eigenvalue weighted by Crippen LogP contribution is -2.44. The van der Waals surface area contributed by atoms with Crippen LogP contribution in [0.15, 0.2) is 65.6 Å². The fourth-order valence-corrected chi connectivity index (χ4v) is 5.83. The Balaban J connectivity index is 1.39. The summed E-state index contributed by atoms with van der Waals surface area (Å²) in [6, 6.07) is 17.2. The number of carbonyl (C=O) groups excluding carboxylic acids is 1. The van der Waals surface area contributed by atoms with Gasteiger partial charge in [-0.15, -0.1) is 10.2 Å². The van der Waals surface area contributed by atoms with E-state index in [9.17, 15) is 13.2 Å². The van der Waals surface area contributed by atoms with Crippen LogP contribution >= 0.6 is 23.2 Å². The minimum atomic E-state index is -3.81. The third-order valence-electron chi connectivity index (χ3n) is 6.09. The van der Waals surface area contributed by atoms with Crippen LogP contribution in [0.1, 0.15) is 13.3 Å². The summed E-state index contributed by atoms with van der Waals surface area (Å²) >= 11 is 12.2. The van der Waals surface area contributed by atoms with Gasteiger partial charge >= 0.3 is 0 Å². The van der Waals surface area contributed by atoms with Crippen molar-refractivity contribution < 1.29 is 13.2 Å². The molecule has 1 aromatic heterocycles. The van der Waals surface area contributed by atoms with Crippen LogP contribution in [0.25, 0.3) is 11.3 Å². The second kappa shape index (κ2) is 11.6. The summed E-state index contributed by atoms with van der Waals surface area (Å²) in [6.07, 6.45) is 0.732. The molecule has 0 atom stereocenters. The van der Waals surface area contributed by atoms with Crippen molar-refractivity contribution >= 4 is 45.0 Å². The number of carbonyl (C=O) groups is 1. The van der Waals surface area contributed by atoms with Crippen LogP contribution in [0.5, 0.6) is 0 Å². The van der Waals surface area contributed by atoms with E-state index in [4.69, 9.17) is 23.2 Å². The molecule has 1 aliphatic rings. The van der Waals surface area contributed by atoms with Crippen molar-refractivity contribution in [2.45, 2.75) is 18.2 Å². The van der Waals surface area contributed by atoms with Crippen LogP contribution in [-0.2, 0) is 14.8 Å². The van der Waals surface area contributed by atoms with Gasteiger partial charge in [0.25, 0.3) is 0 Å². The average molecular weight is 548 g/mol. The molecule has 2 heterocycles. The van der Waals surface area contributed by atoms with E-state index in [-0.39, 0.29) is 23.9 Å². The number of halogens is 2. The Labute approximate surface area is 221 Å². The van der Waals surface area contributed by atoms with E-state index in [0.717, 1.165) is 17.8 Å². The minimum Gasteiger partial charge on any atom is -0.353 e. The summed E-state index contributed by atoms with van der Waals surface area (Å²) in [4.78, 5) is 17.0. The average Bonchev–Trinajstić information content (AvgIpc) is 3.14. The Kier molecular flexibility index (Phi) is 8.46. The number of anilines is 1. The lowest BCUT2D eigenvalue weighted by atomic mass is 10.1. The number of sulfonamides is 1. The molecule has 0 bridgehead atoms. The van der Waals surface area contributed by atoms with Crippen molar-refractivity contribution in [3.05, 3.63) is 70.7 Å². The van der Waals surface area contributed by atoms with Gasteiger partial charge in [0, 0.05) is 43.3 Å². The van der Waals surface area contributed by atoms with Gasteiger partial charge < -0.3 is 9.80 Å². The van der Waals surface area contributed by atoms with Crippen molar-refractivity contribution in [1.29, 1.82) is 0 Å². The molecule has 1 aliphatic heterocycles. The molecular formula is C25H27Cl2N5O3S. The highest BCUT2D eigenvalue weighted by molar-refractivity contribution is 7.89. The molecular weight excluding hydrogens is 521 g/mol. The van der Waals surface area contributed by atoms with E-state index in [0.29, 0.717) is 41.9 Å².